The molecule has 0 bridgehead atoms. The van der Waals surface area contributed by atoms with Gasteiger partial charge >= 0.3 is 0 Å². The minimum atomic E-state index is 0.645. The summed E-state index contributed by atoms with van der Waals surface area (Å²) in [7, 11) is 0. The zero-order chi connectivity index (χ0) is 18.5. The van der Waals surface area contributed by atoms with Gasteiger partial charge in [0.05, 0.1) is 0 Å². The second-order valence-electron chi connectivity index (χ2n) is 6.88. The fraction of sp³-hybridized carbons (Fsp3) is 0.346. The lowest BCUT2D eigenvalue weighted by molar-refractivity contribution is 0.540. The van der Waals surface area contributed by atoms with Crippen LogP contribution in [-0.4, -0.2) is 0 Å². The van der Waals surface area contributed by atoms with Crippen LogP contribution >= 0.6 is 0 Å². The van der Waals surface area contributed by atoms with Crippen LogP contribution in [0.2, 0.25) is 0 Å². The standard InChI is InChI=1S/C26H32/c1-3-5-12-23(4-2)17-18-26(21-19-24-13-8-6-9-14-24)22-20-25-15-10-7-11-16-25/h6-11,13-17,19,21,23H,3-5,12,20,22H2,1-2H3/b21-19+. The van der Waals surface area contributed by atoms with E-state index in [0.717, 1.165) is 12.8 Å². The molecular formula is C26H32. The number of aryl methyl sites for hydroxylation is 1. The van der Waals surface area contributed by atoms with Crippen LogP contribution < -0.4 is 0 Å². The molecule has 1 atom stereocenters. The smallest absolute Gasteiger partial charge is 0.00601 e. The van der Waals surface area contributed by atoms with Gasteiger partial charge in [0.1, 0.15) is 0 Å². The number of hydrogen-bond acceptors (Lipinski definition) is 0. The van der Waals surface area contributed by atoms with Crippen LogP contribution in [0.5, 0.6) is 0 Å². The molecule has 136 valence electrons. The van der Waals surface area contributed by atoms with Gasteiger partial charge in [-0.15, -0.1) is 5.73 Å². The first kappa shape index (κ1) is 20.0. The third-order valence-electron chi connectivity index (χ3n) is 4.76. The van der Waals surface area contributed by atoms with Gasteiger partial charge in [0, 0.05) is 0 Å². The zero-order valence-corrected chi connectivity index (χ0v) is 16.3. The number of benzene rings is 2. The molecule has 0 saturated heterocycles. The monoisotopic (exact) mass is 344 g/mol. The Morgan fingerprint density at radius 2 is 1.65 bits per heavy atom. The fourth-order valence-corrected chi connectivity index (χ4v) is 2.98. The van der Waals surface area contributed by atoms with Crippen molar-refractivity contribution < 1.29 is 0 Å². The summed E-state index contributed by atoms with van der Waals surface area (Å²) in [6.07, 6.45) is 13.9. The number of hydrogen-bond donors (Lipinski definition) is 0. The van der Waals surface area contributed by atoms with Crippen molar-refractivity contribution in [2.45, 2.75) is 52.4 Å². The van der Waals surface area contributed by atoms with Gasteiger partial charge in [-0.3, -0.25) is 0 Å². The summed E-state index contributed by atoms with van der Waals surface area (Å²) >= 11 is 0. The van der Waals surface area contributed by atoms with Crippen LogP contribution in [0, 0.1) is 5.92 Å². The summed E-state index contributed by atoms with van der Waals surface area (Å²) in [6.45, 7) is 4.54. The van der Waals surface area contributed by atoms with Crippen molar-refractivity contribution in [2.75, 3.05) is 0 Å². The van der Waals surface area contributed by atoms with Crippen LogP contribution in [0.4, 0.5) is 0 Å². The largest absolute Gasteiger partial charge is 0.121 e. The van der Waals surface area contributed by atoms with Gasteiger partial charge < -0.3 is 0 Å². The van der Waals surface area contributed by atoms with Crippen molar-refractivity contribution in [2.24, 2.45) is 5.92 Å². The molecule has 0 radical (unpaired) electrons. The highest BCUT2D eigenvalue weighted by molar-refractivity contribution is 5.52. The Labute approximate surface area is 160 Å². The van der Waals surface area contributed by atoms with Crippen LogP contribution in [0.1, 0.15) is 57.1 Å². The normalized spacial score (nSPS) is 11.9. The summed E-state index contributed by atoms with van der Waals surface area (Å²) in [5.74, 6) is 0.645. The maximum Gasteiger partial charge on any atom is -0.00601 e. The zero-order valence-electron chi connectivity index (χ0n) is 16.3. The number of allylic oxidation sites excluding steroid dienone is 2. The van der Waals surface area contributed by atoms with Crippen molar-refractivity contribution >= 4 is 6.08 Å². The van der Waals surface area contributed by atoms with E-state index in [4.69, 9.17) is 0 Å². The predicted molar refractivity (Wildman–Crippen MR) is 115 cm³/mol. The Morgan fingerprint density at radius 1 is 0.962 bits per heavy atom. The van der Waals surface area contributed by atoms with Crippen molar-refractivity contribution in [1.82, 2.24) is 0 Å². The lowest BCUT2D eigenvalue weighted by atomic mass is 9.98. The average molecular weight is 345 g/mol. The van der Waals surface area contributed by atoms with Gasteiger partial charge in [0.15, 0.2) is 0 Å². The molecule has 0 nitrogen and oxygen atoms in total. The van der Waals surface area contributed by atoms with Gasteiger partial charge in [-0.1, -0.05) is 99.5 Å². The molecule has 0 aromatic heterocycles. The van der Waals surface area contributed by atoms with E-state index >= 15 is 0 Å². The van der Waals surface area contributed by atoms with Crippen molar-refractivity contribution in [3.05, 3.63) is 95.2 Å². The first-order valence-corrected chi connectivity index (χ1v) is 10.0. The quantitative estimate of drug-likeness (QED) is 0.307. The molecule has 1 unspecified atom stereocenters. The van der Waals surface area contributed by atoms with Gasteiger partial charge in [0.2, 0.25) is 0 Å². The predicted octanol–water partition coefficient (Wildman–Crippen LogP) is 7.63. The maximum atomic E-state index is 3.63. The van der Waals surface area contributed by atoms with E-state index in [2.05, 4.69) is 98.5 Å². The average Bonchev–Trinajstić information content (AvgIpc) is 2.71. The third-order valence-corrected chi connectivity index (χ3v) is 4.76. The summed E-state index contributed by atoms with van der Waals surface area (Å²) in [6, 6.07) is 21.2. The lowest BCUT2D eigenvalue weighted by Crippen LogP contribution is -1.93. The summed E-state index contributed by atoms with van der Waals surface area (Å²) in [5.41, 5.74) is 7.54. The van der Waals surface area contributed by atoms with Crippen LogP contribution in [-0.2, 0) is 6.42 Å². The van der Waals surface area contributed by atoms with E-state index in [0.29, 0.717) is 5.92 Å². The van der Waals surface area contributed by atoms with E-state index in [9.17, 15) is 0 Å². The molecule has 0 heteroatoms. The first-order chi connectivity index (χ1) is 12.8. The summed E-state index contributed by atoms with van der Waals surface area (Å²) in [5, 5.41) is 0. The Hall–Kier alpha value is -2.30. The molecule has 2 aromatic carbocycles. The molecule has 0 N–H and O–H groups in total. The minimum Gasteiger partial charge on any atom is -0.121 e. The van der Waals surface area contributed by atoms with Crippen molar-refractivity contribution in [3.8, 4) is 0 Å². The molecule has 26 heavy (non-hydrogen) atoms. The fourth-order valence-electron chi connectivity index (χ4n) is 2.98. The van der Waals surface area contributed by atoms with Gasteiger partial charge in [-0.25, -0.2) is 0 Å². The van der Waals surface area contributed by atoms with Gasteiger partial charge in [-0.2, -0.15) is 0 Å². The highest BCUT2D eigenvalue weighted by atomic mass is 14.1. The molecule has 0 aliphatic rings. The third kappa shape index (κ3) is 7.72. The summed E-state index contributed by atoms with van der Waals surface area (Å²) < 4.78 is 0. The second-order valence-corrected chi connectivity index (χ2v) is 6.88. The van der Waals surface area contributed by atoms with E-state index in [-0.39, 0.29) is 0 Å². The van der Waals surface area contributed by atoms with Crippen LogP contribution in [0.25, 0.3) is 6.08 Å². The van der Waals surface area contributed by atoms with E-state index in [1.54, 1.807) is 0 Å². The molecule has 0 spiro atoms. The molecule has 0 fully saturated rings. The van der Waals surface area contributed by atoms with Crippen molar-refractivity contribution in [1.29, 1.82) is 0 Å². The minimum absolute atomic E-state index is 0.645. The SMILES string of the molecule is CCCCC(C=C=C(/C=C/c1ccccc1)CCc1ccccc1)CC. The summed E-state index contributed by atoms with van der Waals surface area (Å²) in [4.78, 5) is 0. The Balaban J connectivity index is 2.13. The highest BCUT2D eigenvalue weighted by Crippen LogP contribution is 2.16. The molecule has 0 amide bonds. The highest BCUT2D eigenvalue weighted by Gasteiger charge is 2.01. The molecular weight excluding hydrogens is 312 g/mol. The molecule has 2 aromatic rings. The van der Waals surface area contributed by atoms with E-state index in [1.165, 1.54) is 42.4 Å². The van der Waals surface area contributed by atoms with E-state index in [1.807, 2.05) is 0 Å². The molecule has 0 heterocycles. The Kier molecular flexibility index (Phi) is 9.33. The van der Waals surface area contributed by atoms with Crippen LogP contribution in [0.15, 0.2) is 84.1 Å². The maximum absolute atomic E-state index is 3.63. The molecule has 0 aliphatic carbocycles. The molecule has 0 saturated carbocycles. The number of rotatable bonds is 10. The number of unbranched alkanes of at least 4 members (excludes halogenated alkanes) is 1. The molecule has 2 rings (SSSR count). The van der Waals surface area contributed by atoms with Gasteiger partial charge in [0.25, 0.3) is 0 Å². The second kappa shape index (κ2) is 12.1. The Morgan fingerprint density at radius 3 is 2.31 bits per heavy atom. The Bertz CT molecular complexity index is 700. The van der Waals surface area contributed by atoms with Gasteiger partial charge in [-0.05, 0) is 54.4 Å². The van der Waals surface area contributed by atoms with Crippen LogP contribution in [0.3, 0.4) is 0 Å². The van der Waals surface area contributed by atoms with E-state index < -0.39 is 0 Å². The topological polar surface area (TPSA) is 0 Å². The molecule has 0 aliphatic heterocycles. The first-order valence-electron chi connectivity index (χ1n) is 10.0. The van der Waals surface area contributed by atoms with Crippen molar-refractivity contribution in [3.63, 3.8) is 0 Å². The lowest BCUT2D eigenvalue weighted by Gasteiger charge is -2.07.